The van der Waals surface area contributed by atoms with Crippen LogP contribution >= 0.6 is 11.8 Å². The van der Waals surface area contributed by atoms with E-state index < -0.39 is 0 Å². The Morgan fingerprint density at radius 3 is 2.74 bits per heavy atom. The quantitative estimate of drug-likeness (QED) is 0.583. The first kappa shape index (κ1) is 20.0. The first-order chi connectivity index (χ1) is 15.0. The Bertz CT molecular complexity index is 1170. The minimum atomic E-state index is -0.313. The van der Waals surface area contributed by atoms with Gasteiger partial charge in [-0.05, 0) is 54.8 Å². The maximum atomic E-state index is 13.3. The average Bonchev–Trinajstić information content (AvgIpc) is 3.22. The highest BCUT2D eigenvalue weighted by molar-refractivity contribution is 8.00. The Balaban J connectivity index is 1.31. The molecule has 0 N–H and O–H groups in total. The zero-order chi connectivity index (χ0) is 21.5. The molecule has 3 aromatic rings. The van der Waals surface area contributed by atoms with Gasteiger partial charge in [0, 0.05) is 37.3 Å². The van der Waals surface area contributed by atoms with Crippen molar-refractivity contribution in [2.75, 3.05) is 13.1 Å². The highest BCUT2D eigenvalue weighted by Gasteiger charge is 2.37. The van der Waals surface area contributed by atoms with E-state index in [-0.39, 0.29) is 22.6 Å². The fourth-order valence-corrected chi connectivity index (χ4v) is 5.53. The summed E-state index contributed by atoms with van der Waals surface area (Å²) in [5, 5.41) is 12.3. The van der Waals surface area contributed by atoms with Crippen molar-refractivity contribution in [3.05, 3.63) is 64.1 Å². The van der Waals surface area contributed by atoms with Crippen LogP contribution in [0.3, 0.4) is 0 Å². The zero-order valence-electron chi connectivity index (χ0n) is 17.5. The Morgan fingerprint density at radius 1 is 1.13 bits per heavy atom. The number of hydrogen-bond donors (Lipinski definition) is 0. The normalized spacial score (nSPS) is 20.9. The number of nitrogens with zero attached hydrogens (tertiary/aromatic N) is 6. The number of thioether (sulfide) groups is 1. The topological polar surface area (TPSA) is 85.9 Å². The van der Waals surface area contributed by atoms with Crippen molar-refractivity contribution >= 4 is 17.7 Å². The summed E-state index contributed by atoms with van der Waals surface area (Å²) in [6.45, 7) is 5.95. The van der Waals surface area contributed by atoms with Gasteiger partial charge in [0.2, 0.25) is 11.1 Å². The van der Waals surface area contributed by atoms with Crippen LogP contribution in [-0.4, -0.2) is 53.9 Å². The molecule has 1 saturated heterocycles. The molecular formula is C22H24N6O2S. The van der Waals surface area contributed by atoms with Gasteiger partial charge in [-0.1, -0.05) is 35.5 Å². The van der Waals surface area contributed by atoms with Gasteiger partial charge in [-0.25, -0.2) is 0 Å². The Kier molecular flexibility index (Phi) is 5.13. The van der Waals surface area contributed by atoms with Crippen LogP contribution in [0.15, 0.2) is 52.4 Å². The largest absolute Gasteiger partial charge is 0.341 e. The lowest BCUT2D eigenvalue weighted by Gasteiger charge is -2.43. The van der Waals surface area contributed by atoms with Crippen LogP contribution in [0.4, 0.5) is 0 Å². The maximum Gasteiger partial charge on any atom is 0.250 e. The first-order valence-electron chi connectivity index (χ1n) is 10.5. The molecule has 1 amide bonds. The number of rotatable bonds is 4. The monoisotopic (exact) mass is 436 g/mol. The second-order valence-electron chi connectivity index (χ2n) is 8.41. The molecule has 0 aliphatic carbocycles. The summed E-state index contributed by atoms with van der Waals surface area (Å²) in [5.74, 6) is 0.607. The molecule has 31 heavy (non-hydrogen) atoms. The van der Waals surface area contributed by atoms with Crippen molar-refractivity contribution in [2.24, 2.45) is 5.92 Å². The molecule has 2 aromatic heterocycles. The van der Waals surface area contributed by atoms with E-state index in [0.29, 0.717) is 30.7 Å². The number of aromatic nitrogens is 5. The molecule has 0 radical (unpaired) electrons. The van der Waals surface area contributed by atoms with Crippen LogP contribution in [0.25, 0.3) is 5.69 Å². The summed E-state index contributed by atoms with van der Waals surface area (Å²) in [4.78, 5) is 27.5. The predicted octanol–water partition coefficient (Wildman–Crippen LogP) is 2.26. The van der Waals surface area contributed by atoms with Crippen LogP contribution in [-0.2, 0) is 11.3 Å². The molecule has 9 heteroatoms. The molecule has 1 fully saturated rings. The lowest BCUT2D eigenvalue weighted by atomic mass is 9.83. The van der Waals surface area contributed by atoms with Gasteiger partial charge >= 0.3 is 0 Å². The van der Waals surface area contributed by atoms with E-state index >= 15 is 0 Å². The average molecular weight is 437 g/mol. The number of tetrazole rings is 1. The summed E-state index contributed by atoms with van der Waals surface area (Å²) in [7, 11) is 0. The van der Waals surface area contributed by atoms with Crippen LogP contribution in [0.2, 0.25) is 0 Å². The van der Waals surface area contributed by atoms with Crippen LogP contribution in [0.1, 0.15) is 30.5 Å². The first-order valence-corrected chi connectivity index (χ1v) is 11.4. The SMILES string of the molecule is Cc1ccc(-n2nnnc2SC(C)C(=O)N2CC3CC(C2)c2cccc(=O)n2C3)cc1. The summed E-state index contributed by atoms with van der Waals surface area (Å²) in [6, 6.07) is 13.4. The fraction of sp³-hybridized carbons (Fsp3) is 0.409. The molecule has 3 atom stereocenters. The number of likely N-dealkylation sites (tertiary alicyclic amines) is 1. The van der Waals surface area contributed by atoms with Gasteiger partial charge in [-0.3, -0.25) is 9.59 Å². The number of hydrogen-bond acceptors (Lipinski definition) is 6. The number of carbonyl (C=O) groups excluding carboxylic acids is 1. The third-order valence-corrected chi connectivity index (χ3v) is 7.16. The van der Waals surface area contributed by atoms with Gasteiger partial charge in [-0.15, -0.1) is 5.10 Å². The molecule has 2 bridgehead atoms. The van der Waals surface area contributed by atoms with E-state index in [2.05, 4.69) is 15.5 Å². The molecular weight excluding hydrogens is 412 g/mol. The minimum Gasteiger partial charge on any atom is -0.341 e. The van der Waals surface area contributed by atoms with E-state index in [1.54, 1.807) is 10.7 Å². The Morgan fingerprint density at radius 2 is 1.94 bits per heavy atom. The highest BCUT2D eigenvalue weighted by atomic mass is 32.2. The van der Waals surface area contributed by atoms with Crippen molar-refractivity contribution in [3.63, 3.8) is 0 Å². The van der Waals surface area contributed by atoms with Crippen molar-refractivity contribution in [1.82, 2.24) is 29.7 Å². The second-order valence-corrected chi connectivity index (χ2v) is 9.72. The molecule has 160 valence electrons. The minimum absolute atomic E-state index is 0.0545. The van der Waals surface area contributed by atoms with Crippen LogP contribution in [0, 0.1) is 12.8 Å². The van der Waals surface area contributed by atoms with Crippen molar-refractivity contribution < 1.29 is 4.79 Å². The lowest BCUT2D eigenvalue weighted by molar-refractivity contribution is -0.133. The van der Waals surface area contributed by atoms with Crippen molar-refractivity contribution in [2.45, 2.75) is 43.1 Å². The molecule has 1 aromatic carbocycles. The highest BCUT2D eigenvalue weighted by Crippen LogP contribution is 2.36. The summed E-state index contributed by atoms with van der Waals surface area (Å²) in [6.07, 6.45) is 1.03. The summed E-state index contributed by atoms with van der Waals surface area (Å²) in [5.41, 5.74) is 3.13. The number of pyridine rings is 1. The van der Waals surface area contributed by atoms with E-state index in [1.165, 1.54) is 11.8 Å². The Labute approximate surface area is 184 Å². The summed E-state index contributed by atoms with van der Waals surface area (Å²) < 4.78 is 3.55. The number of aryl methyl sites for hydroxylation is 1. The molecule has 2 aliphatic heterocycles. The van der Waals surface area contributed by atoms with E-state index in [0.717, 1.165) is 23.4 Å². The van der Waals surface area contributed by atoms with Crippen molar-refractivity contribution in [3.8, 4) is 5.69 Å². The van der Waals surface area contributed by atoms with E-state index in [9.17, 15) is 9.59 Å². The number of piperidine rings is 1. The van der Waals surface area contributed by atoms with Gasteiger partial charge in [0.15, 0.2) is 0 Å². The third-order valence-electron chi connectivity index (χ3n) is 6.14. The third kappa shape index (κ3) is 3.78. The molecule has 2 aliphatic rings. The molecule has 0 spiro atoms. The molecule has 3 unspecified atom stereocenters. The van der Waals surface area contributed by atoms with Gasteiger partial charge in [0.1, 0.15) is 0 Å². The molecule has 8 nitrogen and oxygen atoms in total. The number of benzene rings is 1. The molecule has 0 saturated carbocycles. The lowest BCUT2D eigenvalue weighted by Crippen LogP contribution is -2.50. The number of carbonyl (C=O) groups is 1. The smallest absolute Gasteiger partial charge is 0.250 e. The molecule has 4 heterocycles. The van der Waals surface area contributed by atoms with Gasteiger partial charge < -0.3 is 9.47 Å². The standard InChI is InChI=1S/C22H24N6O2S/c1-14-6-8-18(9-7-14)28-22(23-24-25-28)31-15(2)21(30)26-11-16-10-17(13-26)19-4-3-5-20(29)27(19)12-16/h3-9,15-17H,10-13H2,1-2H3. The van der Waals surface area contributed by atoms with Gasteiger partial charge in [-0.2, -0.15) is 4.68 Å². The van der Waals surface area contributed by atoms with Gasteiger partial charge in [0.05, 0.1) is 10.9 Å². The van der Waals surface area contributed by atoms with Crippen LogP contribution < -0.4 is 5.56 Å². The van der Waals surface area contributed by atoms with E-state index in [4.69, 9.17) is 0 Å². The van der Waals surface area contributed by atoms with Gasteiger partial charge in [0.25, 0.3) is 5.56 Å². The zero-order valence-corrected chi connectivity index (χ0v) is 18.3. The van der Waals surface area contributed by atoms with Crippen molar-refractivity contribution in [1.29, 1.82) is 0 Å². The Hall–Kier alpha value is -2.94. The predicted molar refractivity (Wildman–Crippen MR) is 117 cm³/mol. The number of amides is 1. The number of fused-ring (bicyclic) bond motifs is 4. The fourth-order valence-electron chi connectivity index (χ4n) is 4.64. The second kappa shape index (κ2) is 7.96. The van der Waals surface area contributed by atoms with Crippen LogP contribution in [0.5, 0.6) is 0 Å². The molecule has 5 rings (SSSR count). The maximum absolute atomic E-state index is 13.3. The summed E-state index contributed by atoms with van der Waals surface area (Å²) >= 11 is 1.37. The van der Waals surface area contributed by atoms with E-state index in [1.807, 2.05) is 59.7 Å².